The number of benzene rings is 2. The van der Waals surface area contributed by atoms with E-state index in [4.69, 9.17) is 14.2 Å². The monoisotopic (exact) mass is 380 g/mol. The van der Waals surface area contributed by atoms with Crippen LogP contribution in [0, 0.1) is 6.92 Å². The number of nitrogens with one attached hydrogen (secondary N) is 1. The van der Waals surface area contributed by atoms with Crippen LogP contribution in [-0.4, -0.2) is 45.1 Å². The van der Waals surface area contributed by atoms with E-state index in [1.807, 2.05) is 49.4 Å². The van der Waals surface area contributed by atoms with Crippen molar-refractivity contribution in [3.63, 3.8) is 0 Å². The van der Waals surface area contributed by atoms with Crippen LogP contribution in [-0.2, 0) is 6.42 Å². The minimum atomic E-state index is -0.550. The summed E-state index contributed by atoms with van der Waals surface area (Å²) in [4.78, 5) is 0. The summed E-state index contributed by atoms with van der Waals surface area (Å²) in [5, 5.41) is 13.2. The Morgan fingerprint density at radius 3 is 2.50 bits per heavy atom. The Morgan fingerprint density at radius 1 is 1.04 bits per heavy atom. The number of ether oxygens (including phenoxy) is 3. The van der Waals surface area contributed by atoms with Crippen LogP contribution in [0.15, 0.2) is 42.5 Å². The molecule has 1 atom stereocenters. The summed E-state index contributed by atoms with van der Waals surface area (Å²) in [6, 6.07) is 13.7. The van der Waals surface area contributed by atoms with Gasteiger partial charge in [-0.3, -0.25) is 0 Å². The topological polar surface area (TPSA) is 60.0 Å². The van der Waals surface area contributed by atoms with Gasteiger partial charge < -0.3 is 37.0 Å². The molecule has 2 rings (SSSR count). The number of halogens is 1. The lowest BCUT2D eigenvalue weighted by molar-refractivity contribution is -0.00000757. The number of methoxy groups -OCH3 is 2. The summed E-state index contributed by atoms with van der Waals surface area (Å²) in [5.41, 5.74) is 2.29. The van der Waals surface area contributed by atoms with Crippen molar-refractivity contribution in [3.8, 4) is 17.2 Å². The van der Waals surface area contributed by atoms with Gasteiger partial charge in [-0.15, -0.1) is 0 Å². The summed E-state index contributed by atoms with van der Waals surface area (Å²) in [6.07, 6.45) is 0.289. The quantitative estimate of drug-likeness (QED) is 0.549. The van der Waals surface area contributed by atoms with Crippen molar-refractivity contribution in [1.82, 2.24) is 5.32 Å². The Bertz CT molecular complexity index is 666. The van der Waals surface area contributed by atoms with Gasteiger partial charge in [-0.1, -0.05) is 18.2 Å². The summed E-state index contributed by atoms with van der Waals surface area (Å²) >= 11 is 0. The molecule has 2 aromatic carbocycles. The molecular formula is C20H27ClNO4-. The second-order valence-corrected chi connectivity index (χ2v) is 5.92. The van der Waals surface area contributed by atoms with Crippen molar-refractivity contribution in [2.24, 2.45) is 0 Å². The van der Waals surface area contributed by atoms with Crippen molar-refractivity contribution in [2.75, 3.05) is 33.9 Å². The predicted octanol–water partition coefficient (Wildman–Crippen LogP) is -0.412. The van der Waals surface area contributed by atoms with E-state index in [-0.39, 0.29) is 19.0 Å². The highest BCUT2D eigenvalue weighted by atomic mass is 35.5. The van der Waals surface area contributed by atoms with Gasteiger partial charge in [-0.25, -0.2) is 0 Å². The first-order chi connectivity index (χ1) is 12.1. The van der Waals surface area contributed by atoms with Crippen LogP contribution in [0.5, 0.6) is 17.2 Å². The minimum Gasteiger partial charge on any atom is -1.00 e. The summed E-state index contributed by atoms with van der Waals surface area (Å²) in [7, 11) is 3.25. The largest absolute Gasteiger partial charge is 1.00 e. The molecule has 0 fully saturated rings. The zero-order valence-electron chi connectivity index (χ0n) is 15.5. The number of aliphatic hydroxyl groups is 1. The number of hydrogen-bond donors (Lipinski definition) is 2. The van der Waals surface area contributed by atoms with Crippen molar-refractivity contribution < 1.29 is 31.7 Å². The Balaban J connectivity index is 0.00000338. The second-order valence-electron chi connectivity index (χ2n) is 5.92. The van der Waals surface area contributed by atoms with E-state index in [0.29, 0.717) is 6.54 Å². The highest BCUT2D eigenvalue weighted by Gasteiger charge is 2.07. The van der Waals surface area contributed by atoms with Crippen LogP contribution >= 0.6 is 0 Å². The van der Waals surface area contributed by atoms with Gasteiger partial charge in [0.15, 0.2) is 11.5 Å². The lowest BCUT2D eigenvalue weighted by Crippen LogP contribution is -3.00. The standard InChI is InChI=1S/C20H27NO4.ClH/c1-15-5-4-6-18(11-15)25-14-17(22)13-21-10-9-16-7-8-19(23-2)20(12-16)24-3;/h4-8,11-12,17,21-22H,9-10,13-14H2,1-3H3;1H/p-1. The predicted molar refractivity (Wildman–Crippen MR) is 98.8 cm³/mol. The van der Waals surface area contributed by atoms with Crippen LogP contribution in [0.2, 0.25) is 0 Å². The Kier molecular flexibility index (Phi) is 9.88. The Morgan fingerprint density at radius 2 is 1.81 bits per heavy atom. The molecule has 0 aliphatic heterocycles. The molecule has 1 unspecified atom stereocenters. The van der Waals surface area contributed by atoms with E-state index in [1.54, 1.807) is 14.2 Å². The number of hydrogen-bond acceptors (Lipinski definition) is 5. The third-order valence-corrected chi connectivity index (χ3v) is 3.85. The van der Waals surface area contributed by atoms with Gasteiger partial charge in [0, 0.05) is 6.54 Å². The van der Waals surface area contributed by atoms with Crippen molar-refractivity contribution >= 4 is 0 Å². The van der Waals surface area contributed by atoms with E-state index in [1.165, 1.54) is 0 Å². The van der Waals surface area contributed by atoms with Gasteiger partial charge >= 0.3 is 0 Å². The SMILES string of the molecule is COc1ccc(CCNCC(O)COc2cccc(C)c2)cc1OC.[Cl-]. The van der Waals surface area contributed by atoms with Gasteiger partial charge in [0.2, 0.25) is 0 Å². The Hall–Kier alpha value is -1.95. The van der Waals surface area contributed by atoms with E-state index in [9.17, 15) is 5.11 Å². The van der Waals surface area contributed by atoms with Gasteiger partial charge in [-0.2, -0.15) is 0 Å². The average Bonchev–Trinajstić information content (AvgIpc) is 2.63. The first-order valence-corrected chi connectivity index (χ1v) is 8.41. The molecular weight excluding hydrogens is 354 g/mol. The van der Waals surface area contributed by atoms with Crippen LogP contribution in [0.4, 0.5) is 0 Å². The molecule has 144 valence electrons. The van der Waals surface area contributed by atoms with Crippen LogP contribution in [0.1, 0.15) is 11.1 Å². The summed E-state index contributed by atoms with van der Waals surface area (Å²) in [5.74, 6) is 2.24. The van der Waals surface area contributed by atoms with Gasteiger partial charge in [0.1, 0.15) is 18.5 Å². The lowest BCUT2D eigenvalue weighted by Gasteiger charge is -2.14. The first kappa shape index (κ1) is 22.1. The molecule has 26 heavy (non-hydrogen) atoms. The lowest BCUT2D eigenvalue weighted by atomic mass is 10.1. The minimum absolute atomic E-state index is 0. The van der Waals surface area contributed by atoms with E-state index in [2.05, 4.69) is 5.32 Å². The molecule has 0 heterocycles. The summed E-state index contributed by atoms with van der Waals surface area (Å²) < 4.78 is 16.1. The van der Waals surface area contributed by atoms with Gasteiger partial charge in [0.25, 0.3) is 0 Å². The second kappa shape index (κ2) is 11.6. The van der Waals surface area contributed by atoms with Gasteiger partial charge in [0.05, 0.1) is 14.2 Å². The van der Waals surface area contributed by atoms with Crippen LogP contribution in [0.3, 0.4) is 0 Å². The maximum Gasteiger partial charge on any atom is 0.160 e. The third kappa shape index (κ3) is 7.12. The zero-order valence-corrected chi connectivity index (χ0v) is 16.3. The molecule has 0 saturated heterocycles. The number of rotatable bonds is 10. The molecule has 0 radical (unpaired) electrons. The molecule has 0 aliphatic carbocycles. The number of aliphatic hydroxyl groups excluding tert-OH is 1. The van der Waals surface area contributed by atoms with Gasteiger partial charge in [-0.05, 0) is 55.3 Å². The highest BCUT2D eigenvalue weighted by Crippen LogP contribution is 2.27. The van der Waals surface area contributed by atoms with E-state index >= 15 is 0 Å². The maximum absolute atomic E-state index is 10.0. The molecule has 0 aliphatic rings. The molecule has 0 bridgehead atoms. The number of aryl methyl sites for hydroxylation is 1. The average molecular weight is 381 g/mol. The third-order valence-electron chi connectivity index (χ3n) is 3.85. The van der Waals surface area contributed by atoms with Crippen molar-refractivity contribution in [3.05, 3.63) is 53.6 Å². The fourth-order valence-electron chi connectivity index (χ4n) is 2.49. The molecule has 0 amide bonds. The molecule has 2 aromatic rings. The summed E-state index contributed by atoms with van der Waals surface area (Å²) in [6.45, 7) is 3.53. The van der Waals surface area contributed by atoms with Crippen molar-refractivity contribution in [2.45, 2.75) is 19.4 Å². The van der Waals surface area contributed by atoms with Crippen LogP contribution < -0.4 is 31.9 Å². The normalized spacial score (nSPS) is 11.4. The van der Waals surface area contributed by atoms with Crippen LogP contribution in [0.25, 0.3) is 0 Å². The fourth-order valence-corrected chi connectivity index (χ4v) is 2.49. The van der Waals surface area contributed by atoms with Crippen molar-refractivity contribution in [1.29, 1.82) is 0 Å². The molecule has 0 spiro atoms. The Labute approximate surface area is 161 Å². The highest BCUT2D eigenvalue weighted by molar-refractivity contribution is 5.42. The van der Waals surface area contributed by atoms with E-state index < -0.39 is 6.10 Å². The zero-order chi connectivity index (χ0) is 18.1. The molecule has 5 nitrogen and oxygen atoms in total. The first-order valence-electron chi connectivity index (χ1n) is 8.41. The molecule has 6 heteroatoms. The smallest absolute Gasteiger partial charge is 0.160 e. The maximum atomic E-state index is 10.0. The fraction of sp³-hybridized carbons (Fsp3) is 0.400. The van der Waals surface area contributed by atoms with E-state index in [0.717, 1.165) is 41.3 Å². The molecule has 0 saturated carbocycles. The molecule has 2 N–H and O–H groups in total. The molecule has 0 aromatic heterocycles.